The van der Waals surface area contributed by atoms with Crippen molar-refractivity contribution in [2.75, 3.05) is 11.9 Å². The zero-order valence-electron chi connectivity index (χ0n) is 22.2. The number of carboxylic acids is 1. The van der Waals surface area contributed by atoms with Crippen LogP contribution in [-0.2, 0) is 16.6 Å². The van der Waals surface area contributed by atoms with Crippen LogP contribution in [-0.4, -0.2) is 28.2 Å². The van der Waals surface area contributed by atoms with Gasteiger partial charge in [-0.25, -0.2) is 4.79 Å². The molecule has 38 heavy (non-hydrogen) atoms. The standard InChI is InChI=1S/C32H37ClN2O3/c1-22(2)24(21-38-28-10-6-16-34-20-28)18-25-17-23-7-3-4-11-29(23)31(25)12-14-32(15-13-31,30(36)37)35-27-9-5-8-26(33)19-27/h3-11,16,19-20,22,24-25,35H,12-15,17-18,21H2,1-2H3,(H,36,37)/t24-,25+,31?,32?/m0/s1. The number of anilines is 1. The van der Waals surface area contributed by atoms with E-state index in [1.165, 1.54) is 11.1 Å². The van der Waals surface area contributed by atoms with Gasteiger partial charge in [0.25, 0.3) is 0 Å². The minimum Gasteiger partial charge on any atom is -0.492 e. The molecule has 0 aliphatic heterocycles. The fourth-order valence-electron chi connectivity index (χ4n) is 6.74. The first-order valence-corrected chi connectivity index (χ1v) is 14.1. The van der Waals surface area contributed by atoms with E-state index in [0.717, 1.165) is 37.1 Å². The summed E-state index contributed by atoms with van der Waals surface area (Å²) in [4.78, 5) is 16.8. The highest BCUT2D eigenvalue weighted by atomic mass is 35.5. The van der Waals surface area contributed by atoms with E-state index in [1.54, 1.807) is 24.5 Å². The minimum absolute atomic E-state index is 0.0208. The van der Waals surface area contributed by atoms with Gasteiger partial charge in [-0.3, -0.25) is 4.98 Å². The maximum absolute atomic E-state index is 12.7. The molecule has 0 saturated heterocycles. The molecule has 200 valence electrons. The molecule has 2 aliphatic carbocycles. The molecule has 1 saturated carbocycles. The highest BCUT2D eigenvalue weighted by molar-refractivity contribution is 6.30. The van der Waals surface area contributed by atoms with Gasteiger partial charge >= 0.3 is 5.97 Å². The van der Waals surface area contributed by atoms with Crippen LogP contribution in [0.5, 0.6) is 5.75 Å². The Labute approximate surface area is 230 Å². The monoisotopic (exact) mass is 532 g/mol. The average Bonchev–Trinajstić information content (AvgIpc) is 3.21. The van der Waals surface area contributed by atoms with Crippen molar-refractivity contribution in [2.24, 2.45) is 17.8 Å². The molecule has 6 heteroatoms. The van der Waals surface area contributed by atoms with E-state index in [9.17, 15) is 9.90 Å². The molecule has 2 aliphatic rings. The summed E-state index contributed by atoms with van der Waals surface area (Å²) in [6.07, 6.45) is 8.42. The zero-order valence-corrected chi connectivity index (χ0v) is 23.0. The van der Waals surface area contributed by atoms with Crippen LogP contribution >= 0.6 is 11.6 Å². The number of nitrogens with one attached hydrogen (secondary N) is 1. The predicted molar refractivity (Wildman–Crippen MR) is 152 cm³/mol. The van der Waals surface area contributed by atoms with Crippen LogP contribution in [0.4, 0.5) is 5.69 Å². The minimum atomic E-state index is -1.00. The van der Waals surface area contributed by atoms with Crippen LogP contribution in [0.25, 0.3) is 0 Å². The molecule has 1 aromatic heterocycles. The van der Waals surface area contributed by atoms with E-state index in [0.29, 0.717) is 42.2 Å². The first-order chi connectivity index (χ1) is 18.3. The van der Waals surface area contributed by atoms with Crippen molar-refractivity contribution < 1.29 is 14.6 Å². The molecule has 0 unspecified atom stereocenters. The molecule has 1 spiro atoms. The number of carbonyl (C=O) groups is 1. The second-order valence-electron chi connectivity index (χ2n) is 11.5. The Morgan fingerprint density at radius 2 is 1.89 bits per heavy atom. The number of nitrogens with zero attached hydrogens (tertiary/aromatic N) is 1. The molecule has 2 N–H and O–H groups in total. The number of rotatable bonds is 9. The number of benzene rings is 2. The summed E-state index contributed by atoms with van der Waals surface area (Å²) in [6, 6.07) is 20.0. The van der Waals surface area contributed by atoms with Crippen molar-refractivity contribution in [3.63, 3.8) is 0 Å². The maximum Gasteiger partial charge on any atom is 0.329 e. The Bertz CT molecular complexity index is 1250. The number of hydrogen-bond acceptors (Lipinski definition) is 4. The van der Waals surface area contributed by atoms with E-state index in [2.05, 4.69) is 48.4 Å². The summed E-state index contributed by atoms with van der Waals surface area (Å²) < 4.78 is 6.17. The zero-order chi connectivity index (χ0) is 26.8. The van der Waals surface area contributed by atoms with Gasteiger partial charge in [0.05, 0.1) is 12.8 Å². The van der Waals surface area contributed by atoms with Crippen LogP contribution in [0, 0.1) is 17.8 Å². The van der Waals surface area contributed by atoms with Crippen LogP contribution in [0.2, 0.25) is 5.02 Å². The van der Waals surface area contributed by atoms with E-state index in [4.69, 9.17) is 16.3 Å². The number of pyridine rings is 1. The molecule has 3 aromatic rings. The van der Waals surface area contributed by atoms with E-state index in [1.807, 2.05) is 24.3 Å². The molecule has 0 bridgehead atoms. The normalized spacial score (nSPS) is 25.2. The summed E-state index contributed by atoms with van der Waals surface area (Å²) in [6.45, 7) is 5.20. The molecule has 2 aromatic carbocycles. The van der Waals surface area contributed by atoms with Gasteiger partial charge in [-0.2, -0.15) is 0 Å². The lowest BCUT2D eigenvalue weighted by molar-refractivity contribution is -0.144. The van der Waals surface area contributed by atoms with Crippen LogP contribution < -0.4 is 10.1 Å². The summed E-state index contributed by atoms with van der Waals surface area (Å²) >= 11 is 6.20. The third kappa shape index (κ3) is 5.26. The molecule has 5 nitrogen and oxygen atoms in total. The molecular formula is C32H37ClN2O3. The fourth-order valence-corrected chi connectivity index (χ4v) is 6.93. The lowest BCUT2D eigenvalue weighted by atomic mass is 9.59. The molecule has 1 heterocycles. The van der Waals surface area contributed by atoms with Gasteiger partial charge in [0.2, 0.25) is 0 Å². The highest BCUT2D eigenvalue weighted by Crippen LogP contribution is 2.56. The predicted octanol–water partition coefficient (Wildman–Crippen LogP) is 7.40. The largest absolute Gasteiger partial charge is 0.492 e. The van der Waals surface area contributed by atoms with Crippen molar-refractivity contribution in [3.8, 4) is 5.75 Å². The number of halogens is 1. The van der Waals surface area contributed by atoms with Gasteiger partial charge in [0, 0.05) is 16.9 Å². The van der Waals surface area contributed by atoms with Crippen molar-refractivity contribution in [3.05, 3.63) is 89.2 Å². The van der Waals surface area contributed by atoms with Gasteiger partial charge in [0.1, 0.15) is 11.3 Å². The number of fused-ring (bicyclic) bond motifs is 2. The number of carboxylic acid groups (broad SMARTS) is 1. The molecule has 0 amide bonds. The third-order valence-electron chi connectivity index (χ3n) is 9.04. The highest BCUT2D eigenvalue weighted by Gasteiger charge is 2.54. The van der Waals surface area contributed by atoms with Crippen LogP contribution in [0.1, 0.15) is 57.1 Å². The second kappa shape index (κ2) is 11.0. The topological polar surface area (TPSA) is 71.5 Å². The molecule has 5 rings (SSSR count). The van der Waals surface area contributed by atoms with E-state index < -0.39 is 11.5 Å². The molecule has 0 radical (unpaired) electrons. The smallest absolute Gasteiger partial charge is 0.329 e. The van der Waals surface area contributed by atoms with Crippen molar-refractivity contribution >= 4 is 23.3 Å². The van der Waals surface area contributed by atoms with Crippen molar-refractivity contribution in [1.29, 1.82) is 0 Å². The summed E-state index contributed by atoms with van der Waals surface area (Å²) in [7, 11) is 0. The van der Waals surface area contributed by atoms with Gasteiger partial charge in [-0.1, -0.05) is 55.8 Å². The van der Waals surface area contributed by atoms with Crippen molar-refractivity contribution in [2.45, 2.75) is 63.3 Å². The first-order valence-electron chi connectivity index (χ1n) is 13.7. The Balaban J connectivity index is 1.38. The number of aromatic nitrogens is 1. The summed E-state index contributed by atoms with van der Waals surface area (Å²) in [5, 5.41) is 14.4. The van der Waals surface area contributed by atoms with Crippen LogP contribution in [0.3, 0.4) is 0 Å². The average molecular weight is 533 g/mol. The lowest BCUT2D eigenvalue weighted by Crippen LogP contribution is -2.53. The number of hydrogen-bond donors (Lipinski definition) is 2. The summed E-state index contributed by atoms with van der Waals surface area (Å²) in [5.74, 6) is 1.32. The van der Waals surface area contributed by atoms with E-state index >= 15 is 0 Å². The Hall–Kier alpha value is -3.05. The third-order valence-corrected chi connectivity index (χ3v) is 9.28. The first kappa shape index (κ1) is 26.6. The number of ether oxygens (including phenoxy) is 1. The maximum atomic E-state index is 12.7. The Kier molecular flexibility index (Phi) is 7.67. The van der Waals surface area contributed by atoms with Crippen molar-refractivity contribution in [1.82, 2.24) is 4.98 Å². The molecule has 1 fully saturated rings. The SMILES string of the molecule is CC(C)[C@H](COc1cccnc1)C[C@H]1Cc2ccccc2C12CCC(Nc1cccc(Cl)c1)(C(=O)O)CC2. The van der Waals surface area contributed by atoms with E-state index in [-0.39, 0.29) is 5.41 Å². The Morgan fingerprint density at radius 3 is 2.58 bits per heavy atom. The second-order valence-corrected chi connectivity index (χ2v) is 11.9. The van der Waals surface area contributed by atoms with Crippen LogP contribution in [0.15, 0.2) is 73.1 Å². The summed E-state index contributed by atoms with van der Waals surface area (Å²) in [5.41, 5.74) is 2.57. The molecule has 2 atom stereocenters. The number of aliphatic carboxylic acids is 1. The Morgan fingerprint density at radius 1 is 1.11 bits per heavy atom. The van der Waals surface area contributed by atoms with Gasteiger partial charge in [0.15, 0.2) is 0 Å². The van der Waals surface area contributed by atoms with Gasteiger partial charge < -0.3 is 15.2 Å². The van der Waals surface area contributed by atoms with Gasteiger partial charge in [-0.05, 0) is 103 Å². The fraction of sp³-hybridized carbons (Fsp3) is 0.438. The quantitative estimate of drug-likeness (QED) is 0.300. The molecular weight excluding hydrogens is 496 g/mol. The van der Waals surface area contributed by atoms with Gasteiger partial charge in [-0.15, -0.1) is 0 Å². The lowest BCUT2D eigenvalue weighted by Gasteiger charge is -2.47.